The molecule has 0 spiro atoms. The van der Waals surface area contributed by atoms with Gasteiger partial charge >= 0.3 is 0 Å². The summed E-state index contributed by atoms with van der Waals surface area (Å²) in [6, 6.07) is 0. The molecule has 0 aromatic heterocycles. The molecule has 0 atom stereocenters. The van der Waals surface area contributed by atoms with Gasteiger partial charge in [0.2, 0.25) is 0 Å². The molecule has 0 saturated heterocycles. The van der Waals surface area contributed by atoms with E-state index in [9.17, 15) is 0 Å². The molecule has 5 nitrogen and oxygen atoms in total. The van der Waals surface area contributed by atoms with Gasteiger partial charge in [-0.25, -0.2) is 0 Å². The Balaban J connectivity index is -0.0000000580. The third-order valence-corrected chi connectivity index (χ3v) is 1.53. The van der Waals surface area contributed by atoms with Crippen molar-refractivity contribution in [2.45, 2.75) is 0 Å². The Bertz CT molecular complexity index is 151. The van der Waals surface area contributed by atoms with E-state index in [1.807, 2.05) is 0 Å². The second-order valence-electron chi connectivity index (χ2n) is 2.60. The first-order valence-electron chi connectivity index (χ1n) is 5.47. The molecule has 0 aliphatic heterocycles. The molecule has 0 amide bonds. The fraction of sp³-hybridized carbons (Fsp3) is 0.333. The van der Waals surface area contributed by atoms with Crippen molar-refractivity contribution in [3.63, 3.8) is 0 Å². The molecule has 5 heteroatoms. The molecule has 0 bridgehead atoms. The highest BCUT2D eigenvalue weighted by atomic mass is 16.5. The minimum atomic E-state index is -1.11. The Morgan fingerprint density at radius 1 is 0.650 bits per heavy atom. The maximum atomic E-state index is 8.50. The predicted molar refractivity (Wildman–Crippen MR) is 86.0 cm³/mol. The van der Waals surface area contributed by atoms with Gasteiger partial charge in [-0.05, 0) is 0 Å². The predicted octanol–water partition coefficient (Wildman–Crippen LogP) is 1.64. The van der Waals surface area contributed by atoms with Crippen LogP contribution in [0.3, 0.4) is 0 Å². The van der Waals surface area contributed by atoms with Gasteiger partial charge < -0.3 is 25.2 Å². The van der Waals surface area contributed by atoms with Gasteiger partial charge in [0.1, 0.15) is 0 Å². The van der Waals surface area contributed by atoms with E-state index in [-0.39, 0.29) is 0 Å². The molecular formula is C15H30O5. The molecule has 0 aromatic rings. The van der Waals surface area contributed by atoms with Crippen molar-refractivity contribution in [2.24, 2.45) is 5.41 Å². The van der Waals surface area contributed by atoms with Crippen LogP contribution in [0.25, 0.3) is 0 Å². The zero-order valence-electron chi connectivity index (χ0n) is 12.3. The first-order chi connectivity index (χ1) is 9.66. The fourth-order valence-electron chi connectivity index (χ4n) is 0.368. The van der Waals surface area contributed by atoms with Gasteiger partial charge in [0.25, 0.3) is 0 Å². The van der Waals surface area contributed by atoms with Gasteiger partial charge in [0, 0.05) is 0 Å². The van der Waals surface area contributed by atoms with Crippen LogP contribution in [0.2, 0.25) is 0 Å². The largest absolute Gasteiger partial charge is 0.474 e. The maximum absolute atomic E-state index is 8.50. The SMILES string of the molecule is C=C.C=C.C=C.C=COC=C.OCC(CO)(CO)CO. The number of rotatable bonds is 6. The van der Waals surface area contributed by atoms with E-state index in [0.717, 1.165) is 0 Å². The zero-order chi connectivity index (χ0) is 17.4. The molecule has 0 unspecified atom stereocenters. The van der Waals surface area contributed by atoms with E-state index in [4.69, 9.17) is 20.4 Å². The van der Waals surface area contributed by atoms with E-state index in [1.165, 1.54) is 12.5 Å². The molecule has 0 fully saturated rings. The van der Waals surface area contributed by atoms with Crippen LogP contribution >= 0.6 is 0 Å². The molecule has 0 rings (SSSR count). The van der Waals surface area contributed by atoms with E-state index in [1.54, 1.807) is 0 Å². The quantitative estimate of drug-likeness (QED) is 0.441. The summed E-state index contributed by atoms with van der Waals surface area (Å²) in [6.07, 6.45) is 2.62. The van der Waals surface area contributed by atoms with E-state index in [0.29, 0.717) is 0 Å². The summed E-state index contributed by atoms with van der Waals surface area (Å²) < 4.78 is 4.36. The smallest absolute Gasteiger partial charge is 0.0829 e. The van der Waals surface area contributed by atoms with Crippen molar-refractivity contribution >= 4 is 0 Å². The average molecular weight is 290 g/mol. The summed E-state index contributed by atoms with van der Waals surface area (Å²) >= 11 is 0. The number of aliphatic hydroxyl groups is 4. The Kier molecular flexibility index (Phi) is 55.8. The van der Waals surface area contributed by atoms with Crippen LogP contribution in [0.5, 0.6) is 0 Å². The summed E-state index contributed by atoms with van der Waals surface area (Å²) in [5.74, 6) is 0. The summed E-state index contributed by atoms with van der Waals surface area (Å²) in [5, 5.41) is 34.0. The Morgan fingerprint density at radius 3 is 0.850 bits per heavy atom. The molecule has 20 heavy (non-hydrogen) atoms. The van der Waals surface area contributed by atoms with Crippen molar-refractivity contribution in [3.8, 4) is 0 Å². The summed E-state index contributed by atoms with van der Waals surface area (Å²) in [7, 11) is 0. The molecule has 0 aliphatic rings. The van der Waals surface area contributed by atoms with Crippen molar-refractivity contribution in [1.29, 1.82) is 0 Å². The zero-order valence-corrected chi connectivity index (χ0v) is 12.3. The Labute approximate surface area is 123 Å². The molecule has 0 aromatic carbocycles. The maximum Gasteiger partial charge on any atom is 0.0829 e. The highest BCUT2D eigenvalue weighted by Gasteiger charge is 2.26. The topological polar surface area (TPSA) is 90.2 Å². The Hall–Kier alpha value is -1.66. The average Bonchev–Trinajstić information content (AvgIpc) is 2.57. The standard InChI is InChI=1S/C5H12O4.C4H6O.3C2H4/c6-1-5(2-7,3-8)4-9;1-3-5-4-2;3*1-2/h6-9H,1-4H2;3-4H,1-2H2;3*1-2H2. The van der Waals surface area contributed by atoms with Gasteiger partial charge in [-0.2, -0.15) is 0 Å². The van der Waals surface area contributed by atoms with Crippen LogP contribution in [-0.2, 0) is 4.74 Å². The van der Waals surface area contributed by atoms with Crippen molar-refractivity contribution in [3.05, 3.63) is 65.2 Å². The number of ether oxygens (including phenoxy) is 1. The third-order valence-electron chi connectivity index (χ3n) is 1.53. The normalized spacial score (nSPS) is 7.40. The minimum absolute atomic E-state index is 0.406. The van der Waals surface area contributed by atoms with Crippen LogP contribution in [-0.4, -0.2) is 46.9 Å². The van der Waals surface area contributed by atoms with E-state index >= 15 is 0 Å². The van der Waals surface area contributed by atoms with Gasteiger partial charge in [-0.3, -0.25) is 0 Å². The molecule has 0 aliphatic carbocycles. The second-order valence-corrected chi connectivity index (χ2v) is 2.60. The Morgan fingerprint density at radius 2 is 0.850 bits per heavy atom. The lowest BCUT2D eigenvalue weighted by molar-refractivity contribution is -0.0328. The summed E-state index contributed by atoms with van der Waals surface area (Å²) in [4.78, 5) is 0. The third kappa shape index (κ3) is 25.3. The lowest BCUT2D eigenvalue weighted by Gasteiger charge is -2.23. The molecule has 0 radical (unpaired) electrons. The number of hydrogen-bond acceptors (Lipinski definition) is 5. The first kappa shape index (κ1) is 31.0. The molecule has 4 N–H and O–H groups in total. The van der Waals surface area contributed by atoms with Crippen molar-refractivity contribution in [2.75, 3.05) is 26.4 Å². The molecule has 120 valence electrons. The van der Waals surface area contributed by atoms with Crippen molar-refractivity contribution < 1.29 is 25.2 Å². The lowest BCUT2D eigenvalue weighted by Crippen LogP contribution is -2.37. The van der Waals surface area contributed by atoms with Crippen LogP contribution in [0, 0.1) is 5.41 Å². The van der Waals surface area contributed by atoms with Crippen LogP contribution in [0.1, 0.15) is 0 Å². The molecular weight excluding hydrogens is 260 g/mol. The molecule has 0 heterocycles. The lowest BCUT2D eigenvalue weighted by atomic mass is 9.93. The minimum Gasteiger partial charge on any atom is -0.474 e. The van der Waals surface area contributed by atoms with E-state index in [2.05, 4.69) is 57.4 Å². The second kappa shape index (κ2) is 36.0. The van der Waals surface area contributed by atoms with Crippen LogP contribution in [0.15, 0.2) is 65.2 Å². The highest BCUT2D eigenvalue weighted by Crippen LogP contribution is 2.11. The van der Waals surface area contributed by atoms with Gasteiger partial charge in [0.05, 0.1) is 44.4 Å². The van der Waals surface area contributed by atoms with Crippen molar-refractivity contribution in [1.82, 2.24) is 0 Å². The monoisotopic (exact) mass is 290 g/mol. The highest BCUT2D eigenvalue weighted by molar-refractivity contribution is 4.74. The fourth-order valence-corrected chi connectivity index (χ4v) is 0.368. The molecule has 0 saturated carbocycles. The number of aliphatic hydroxyl groups excluding tert-OH is 4. The van der Waals surface area contributed by atoms with Crippen LogP contribution in [0.4, 0.5) is 0 Å². The van der Waals surface area contributed by atoms with E-state index < -0.39 is 31.8 Å². The van der Waals surface area contributed by atoms with Gasteiger partial charge in [-0.1, -0.05) is 13.2 Å². The summed E-state index contributed by atoms with van der Waals surface area (Å²) in [6.45, 7) is 22.9. The number of hydrogen-bond donors (Lipinski definition) is 4. The van der Waals surface area contributed by atoms with Gasteiger partial charge in [0.15, 0.2) is 0 Å². The summed E-state index contributed by atoms with van der Waals surface area (Å²) in [5.41, 5.74) is -1.11. The van der Waals surface area contributed by atoms with Crippen LogP contribution < -0.4 is 0 Å². The first-order valence-corrected chi connectivity index (χ1v) is 5.47. The van der Waals surface area contributed by atoms with Gasteiger partial charge in [-0.15, -0.1) is 39.5 Å².